The number of hydrazine groups is 1. The van der Waals surface area contributed by atoms with Gasteiger partial charge in [0.15, 0.2) is 5.84 Å². The third-order valence-electron chi connectivity index (χ3n) is 6.22. The van der Waals surface area contributed by atoms with E-state index in [4.69, 9.17) is 16.4 Å². The maximum Gasteiger partial charge on any atom is 0.166 e. The zero-order chi connectivity index (χ0) is 21.2. The van der Waals surface area contributed by atoms with Crippen LogP contribution < -0.4 is 17.1 Å². The number of nitrogens with one attached hydrogen (secondary N) is 1. The predicted octanol–water partition coefficient (Wildman–Crippen LogP) is 3.02. The Kier molecular flexibility index (Phi) is 8.25. The van der Waals surface area contributed by atoms with Crippen molar-refractivity contribution in [1.82, 2.24) is 10.3 Å². The number of piperidine rings is 1. The Balaban J connectivity index is 1.56. The van der Waals surface area contributed by atoms with Gasteiger partial charge in [-0.05, 0) is 62.2 Å². The van der Waals surface area contributed by atoms with Crippen LogP contribution in [0.3, 0.4) is 0 Å². The molecule has 2 aromatic rings. The van der Waals surface area contributed by atoms with Gasteiger partial charge in [0.2, 0.25) is 0 Å². The van der Waals surface area contributed by atoms with Gasteiger partial charge in [-0.3, -0.25) is 4.90 Å². The van der Waals surface area contributed by atoms with Crippen molar-refractivity contribution in [1.29, 1.82) is 0 Å². The van der Waals surface area contributed by atoms with E-state index in [1.807, 2.05) is 12.1 Å². The standard InChI is InChI=1S/C24H35N5O/c1-2-30-19-24(13-12-20-6-4-3-5-7-20)14-16-29(17-15-24)18-21-8-10-22(11-9-21)23(27-25)28-26/h3-11H,2,12-19,25-26H2,1H3,(H,27,28). The van der Waals surface area contributed by atoms with Gasteiger partial charge in [-0.2, -0.15) is 5.10 Å². The number of nitrogens with two attached hydrogens (primary N) is 2. The molecule has 3 rings (SSSR count). The third kappa shape index (κ3) is 6.05. The fourth-order valence-corrected chi connectivity index (χ4v) is 4.25. The van der Waals surface area contributed by atoms with Crippen LogP contribution in [0.4, 0.5) is 0 Å². The number of nitrogens with zero attached hydrogens (tertiary/aromatic N) is 2. The van der Waals surface area contributed by atoms with E-state index in [-0.39, 0.29) is 5.41 Å². The van der Waals surface area contributed by atoms with Gasteiger partial charge in [-0.25, -0.2) is 5.84 Å². The number of hydrogen-bond donors (Lipinski definition) is 3. The van der Waals surface area contributed by atoms with E-state index < -0.39 is 0 Å². The van der Waals surface area contributed by atoms with Crippen molar-refractivity contribution in [3.63, 3.8) is 0 Å². The Morgan fingerprint density at radius 1 is 1.07 bits per heavy atom. The molecule has 6 nitrogen and oxygen atoms in total. The summed E-state index contributed by atoms with van der Waals surface area (Å²) in [7, 11) is 0. The van der Waals surface area contributed by atoms with E-state index in [1.54, 1.807) is 0 Å². The van der Waals surface area contributed by atoms with Crippen molar-refractivity contribution in [2.75, 3.05) is 26.3 Å². The van der Waals surface area contributed by atoms with Crippen LogP contribution >= 0.6 is 0 Å². The molecule has 6 heteroatoms. The number of ether oxygens (including phenoxy) is 1. The normalized spacial score (nSPS) is 17.1. The van der Waals surface area contributed by atoms with Crippen molar-refractivity contribution in [3.8, 4) is 0 Å². The first-order valence-corrected chi connectivity index (χ1v) is 10.9. The van der Waals surface area contributed by atoms with Crippen molar-refractivity contribution in [2.45, 2.75) is 39.2 Å². The number of amidine groups is 1. The summed E-state index contributed by atoms with van der Waals surface area (Å²) in [5.41, 5.74) is 6.40. The van der Waals surface area contributed by atoms with Gasteiger partial charge in [-0.15, -0.1) is 0 Å². The second-order valence-corrected chi connectivity index (χ2v) is 8.22. The predicted molar refractivity (Wildman–Crippen MR) is 123 cm³/mol. The Bertz CT molecular complexity index is 783. The maximum absolute atomic E-state index is 5.92. The highest BCUT2D eigenvalue weighted by atomic mass is 16.5. The zero-order valence-electron chi connectivity index (χ0n) is 18.0. The second-order valence-electron chi connectivity index (χ2n) is 8.22. The van der Waals surface area contributed by atoms with Gasteiger partial charge in [0.1, 0.15) is 0 Å². The molecule has 1 aliphatic rings. The average molecular weight is 410 g/mol. The van der Waals surface area contributed by atoms with Gasteiger partial charge in [-0.1, -0.05) is 54.6 Å². The molecule has 0 bridgehead atoms. The van der Waals surface area contributed by atoms with Crippen LogP contribution in [0.5, 0.6) is 0 Å². The molecule has 0 radical (unpaired) electrons. The van der Waals surface area contributed by atoms with Gasteiger partial charge in [0.05, 0.1) is 6.61 Å². The largest absolute Gasteiger partial charge is 0.381 e. The fourth-order valence-electron chi connectivity index (χ4n) is 4.25. The molecule has 1 fully saturated rings. The molecule has 0 atom stereocenters. The Labute approximate surface area is 180 Å². The lowest BCUT2D eigenvalue weighted by molar-refractivity contribution is -0.00232. The van der Waals surface area contributed by atoms with Crippen LogP contribution in [0.1, 0.15) is 42.9 Å². The minimum absolute atomic E-state index is 0.283. The second kappa shape index (κ2) is 11.1. The first-order valence-electron chi connectivity index (χ1n) is 10.9. The topological polar surface area (TPSA) is 88.9 Å². The van der Waals surface area contributed by atoms with Gasteiger partial charge >= 0.3 is 0 Å². The molecule has 5 N–H and O–H groups in total. The molecule has 0 aromatic heterocycles. The maximum atomic E-state index is 5.92. The molecule has 0 saturated carbocycles. The molecule has 1 aliphatic heterocycles. The van der Waals surface area contributed by atoms with Crippen molar-refractivity contribution < 1.29 is 4.74 Å². The summed E-state index contributed by atoms with van der Waals surface area (Å²) in [6.07, 6.45) is 4.67. The van der Waals surface area contributed by atoms with Crippen LogP contribution in [-0.4, -0.2) is 37.0 Å². The van der Waals surface area contributed by atoms with Gasteiger partial charge in [0.25, 0.3) is 0 Å². The van der Waals surface area contributed by atoms with Crippen molar-refractivity contribution in [2.24, 2.45) is 22.2 Å². The molecule has 30 heavy (non-hydrogen) atoms. The molecule has 162 valence electrons. The summed E-state index contributed by atoms with van der Waals surface area (Å²) >= 11 is 0. The molecule has 0 spiro atoms. The summed E-state index contributed by atoms with van der Waals surface area (Å²) in [5.74, 6) is 11.3. The minimum Gasteiger partial charge on any atom is -0.381 e. The lowest BCUT2D eigenvalue weighted by Crippen LogP contribution is -2.42. The van der Waals surface area contributed by atoms with Crippen molar-refractivity contribution >= 4 is 5.84 Å². The molecule has 0 aliphatic carbocycles. The number of hydrazone groups is 1. The number of hydrogen-bond acceptors (Lipinski definition) is 5. The zero-order valence-corrected chi connectivity index (χ0v) is 18.0. The summed E-state index contributed by atoms with van der Waals surface area (Å²) in [4.78, 5) is 2.54. The highest BCUT2D eigenvalue weighted by Gasteiger charge is 2.34. The third-order valence-corrected chi connectivity index (χ3v) is 6.22. The van der Waals surface area contributed by atoms with Crippen LogP contribution in [0.2, 0.25) is 0 Å². The van der Waals surface area contributed by atoms with E-state index in [1.165, 1.54) is 30.4 Å². The van der Waals surface area contributed by atoms with Crippen LogP contribution in [0.15, 0.2) is 59.7 Å². The molecule has 1 heterocycles. The summed E-state index contributed by atoms with van der Waals surface area (Å²) in [6.45, 7) is 6.90. The SMILES string of the molecule is CCOCC1(CCc2ccccc2)CCN(Cc2ccc(/C(=N/N)NN)cc2)CC1. The van der Waals surface area contributed by atoms with Gasteiger partial charge < -0.3 is 16.0 Å². The quantitative estimate of drug-likeness (QED) is 0.256. The first-order chi connectivity index (χ1) is 14.7. The molecular weight excluding hydrogens is 374 g/mol. The van der Waals surface area contributed by atoms with Crippen molar-refractivity contribution in [3.05, 3.63) is 71.3 Å². The number of rotatable bonds is 9. The molecule has 0 amide bonds. The Morgan fingerprint density at radius 3 is 2.37 bits per heavy atom. The Hall–Kier alpha value is -2.41. The highest BCUT2D eigenvalue weighted by molar-refractivity contribution is 5.98. The first kappa shape index (κ1) is 22.3. The van der Waals surface area contributed by atoms with E-state index in [2.05, 4.69) is 64.8 Å². The van der Waals surface area contributed by atoms with E-state index >= 15 is 0 Å². The number of likely N-dealkylation sites (tertiary alicyclic amines) is 1. The average Bonchev–Trinajstić information content (AvgIpc) is 2.80. The molecule has 1 saturated heterocycles. The molecule has 2 aromatic carbocycles. The lowest BCUT2D eigenvalue weighted by atomic mass is 9.74. The van der Waals surface area contributed by atoms with E-state index in [9.17, 15) is 0 Å². The number of aryl methyl sites for hydroxylation is 1. The lowest BCUT2D eigenvalue weighted by Gasteiger charge is -2.42. The van der Waals surface area contributed by atoms with Gasteiger partial charge in [0, 0.05) is 18.7 Å². The van der Waals surface area contributed by atoms with E-state index in [0.29, 0.717) is 5.84 Å². The minimum atomic E-state index is 0.283. The highest BCUT2D eigenvalue weighted by Crippen LogP contribution is 2.37. The molecular formula is C24H35N5O. The summed E-state index contributed by atoms with van der Waals surface area (Å²) in [6, 6.07) is 19.1. The Morgan fingerprint density at radius 2 is 1.77 bits per heavy atom. The van der Waals surface area contributed by atoms with E-state index in [0.717, 1.165) is 44.8 Å². The smallest absolute Gasteiger partial charge is 0.166 e. The van der Waals surface area contributed by atoms with Crippen LogP contribution in [0.25, 0.3) is 0 Å². The summed E-state index contributed by atoms with van der Waals surface area (Å²) < 4.78 is 5.92. The monoisotopic (exact) mass is 409 g/mol. The summed E-state index contributed by atoms with van der Waals surface area (Å²) in [5, 5.41) is 3.66. The number of benzene rings is 2. The van der Waals surface area contributed by atoms with Crippen LogP contribution in [-0.2, 0) is 17.7 Å². The molecule has 0 unspecified atom stereocenters. The fraction of sp³-hybridized carbons (Fsp3) is 0.458. The van der Waals surface area contributed by atoms with Crippen LogP contribution in [0, 0.1) is 5.41 Å².